The van der Waals surface area contributed by atoms with Crippen LogP contribution in [0.3, 0.4) is 0 Å². The van der Waals surface area contributed by atoms with E-state index in [1.807, 2.05) is 42.5 Å². The molecule has 0 spiro atoms. The number of amides is 1. The third-order valence-corrected chi connectivity index (χ3v) is 5.60. The van der Waals surface area contributed by atoms with Crippen LogP contribution < -0.4 is 29.7 Å². The van der Waals surface area contributed by atoms with Gasteiger partial charge in [0.15, 0.2) is 11.5 Å². The van der Waals surface area contributed by atoms with Crippen LogP contribution >= 0.6 is 0 Å². The van der Waals surface area contributed by atoms with E-state index in [1.54, 1.807) is 24.3 Å². The molecule has 4 rings (SSSR count). The van der Waals surface area contributed by atoms with Crippen molar-refractivity contribution in [2.45, 2.75) is 0 Å². The lowest BCUT2D eigenvalue weighted by Gasteiger charge is -2.13. The lowest BCUT2D eigenvalue weighted by atomic mass is 10.1. The second-order valence-corrected chi connectivity index (χ2v) is 8.05. The zero-order valence-corrected chi connectivity index (χ0v) is 21.2. The quantitative estimate of drug-likeness (QED) is 0.138. The summed E-state index contributed by atoms with van der Waals surface area (Å²) in [6, 6.07) is 23.6. The van der Waals surface area contributed by atoms with Gasteiger partial charge in [0.25, 0.3) is 5.91 Å². The summed E-state index contributed by atoms with van der Waals surface area (Å²) >= 11 is 0. The van der Waals surface area contributed by atoms with E-state index in [2.05, 4.69) is 15.8 Å². The summed E-state index contributed by atoms with van der Waals surface area (Å²) in [5, 5.41) is 9.26. The minimum atomic E-state index is -0.605. The van der Waals surface area contributed by atoms with Crippen molar-refractivity contribution < 1.29 is 28.5 Å². The van der Waals surface area contributed by atoms with E-state index in [9.17, 15) is 9.59 Å². The Hall–Kier alpha value is -5.05. The van der Waals surface area contributed by atoms with Crippen molar-refractivity contribution in [3.8, 4) is 23.0 Å². The fraction of sp³-hybridized carbons (Fsp3) is 0.138. The number of nitrogens with zero attached hydrogens (tertiary/aromatic N) is 1. The molecule has 0 aliphatic carbocycles. The topological polar surface area (TPSA) is 107 Å². The van der Waals surface area contributed by atoms with Crippen LogP contribution in [0.25, 0.3) is 10.8 Å². The lowest BCUT2D eigenvalue weighted by Crippen LogP contribution is -2.25. The van der Waals surface area contributed by atoms with Crippen LogP contribution in [0, 0.1) is 0 Å². The molecule has 0 aliphatic rings. The molecule has 2 N–H and O–H groups in total. The standard InChI is InChI=1S/C29H27N3O6/c1-35-25-15-21(16-26(36-2)28(25)37-3)29(34)38-22-11-6-8-19(14-22)17-31-32-27(33)18-30-24-13-7-10-20-9-4-5-12-23(20)24/h4-17,30H,18H2,1-3H3,(H,32,33)/b31-17+. The van der Waals surface area contributed by atoms with E-state index >= 15 is 0 Å². The number of hydrogen-bond acceptors (Lipinski definition) is 8. The second kappa shape index (κ2) is 12.3. The van der Waals surface area contributed by atoms with Crippen molar-refractivity contribution >= 4 is 34.6 Å². The Morgan fingerprint density at radius 2 is 1.55 bits per heavy atom. The number of rotatable bonds is 10. The molecule has 194 valence electrons. The zero-order chi connectivity index (χ0) is 26.9. The van der Waals surface area contributed by atoms with Crippen LogP contribution in [-0.2, 0) is 4.79 Å². The molecule has 4 aromatic rings. The van der Waals surface area contributed by atoms with Crippen LogP contribution in [0.5, 0.6) is 23.0 Å². The average molecular weight is 514 g/mol. The highest BCUT2D eigenvalue weighted by Crippen LogP contribution is 2.38. The summed E-state index contributed by atoms with van der Waals surface area (Å²) in [5.74, 6) is 0.442. The van der Waals surface area contributed by atoms with Gasteiger partial charge in [-0.05, 0) is 41.3 Å². The Balaban J connectivity index is 1.36. The van der Waals surface area contributed by atoms with E-state index in [4.69, 9.17) is 18.9 Å². The monoisotopic (exact) mass is 513 g/mol. The minimum Gasteiger partial charge on any atom is -0.493 e. The maximum atomic E-state index is 12.8. The fourth-order valence-corrected chi connectivity index (χ4v) is 3.80. The zero-order valence-electron chi connectivity index (χ0n) is 21.2. The highest BCUT2D eigenvalue weighted by molar-refractivity contribution is 5.95. The molecule has 0 atom stereocenters. The SMILES string of the molecule is COc1cc(C(=O)Oc2cccc(/C=N/NC(=O)CNc3cccc4ccccc34)c2)cc(OC)c1OC. The highest BCUT2D eigenvalue weighted by Gasteiger charge is 2.18. The third-order valence-electron chi connectivity index (χ3n) is 5.60. The average Bonchev–Trinajstić information content (AvgIpc) is 2.95. The van der Waals surface area contributed by atoms with Gasteiger partial charge in [-0.1, -0.05) is 48.5 Å². The molecule has 0 bridgehead atoms. The molecule has 9 nitrogen and oxygen atoms in total. The normalized spacial score (nSPS) is 10.7. The molecule has 0 unspecified atom stereocenters. The van der Waals surface area contributed by atoms with Gasteiger partial charge in [0.1, 0.15) is 5.75 Å². The second-order valence-electron chi connectivity index (χ2n) is 8.05. The molecule has 0 saturated heterocycles. The summed E-state index contributed by atoms with van der Waals surface area (Å²) in [5.41, 5.74) is 4.21. The van der Waals surface area contributed by atoms with Crippen LogP contribution in [-0.4, -0.2) is 46.0 Å². The van der Waals surface area contributed by atoms with E-state index in [1.165, 1.54) is 39.7 Å². The first-order valence-electron chi connectivity index (χ1n) is 11.7. The van der Waals surface area contributed by atoms with E-state index in [-0.39, 0.29) is 18.0 Å². The molecular formula is C29H27N3O6. The summed E-state index contributed by atoms with van der Waals surface area (Å²) in [4.78, 5) is 25.0. The first kappa shape index (κ1) is 26.0. The number of anilines is 1. The predicted molar refractivity (Wildman–Crippen MR) is 146 cm³/mol. The molecule has 0 aromatic heterocycles. The van der Waals surface area contributed by atoms with E-state index in [0.29, 0.717) is 28.6 Å². The molecular weight excluding hydrogens is 486 g/mol. The predicted octanol–water partition coefficient (Wildman–Crippen LogP) is 4.65. The molecule has 0 radical (unpaired) electrons. The van der Waals surface area contributed by atoms with Crippen molar-refractivity contribution in [1.82, 2.24) is 5.43 Å². The van der Waals surface area contributed by atoms with Gasteiger partial charge >= 0.3 is 5.97 Å². The summed E-state index contributed by atoms with van der Waals surface area (Å²) in [7, 11) is 4.41. The number of carbonyl (C=O) groups excluding carboxylic acids is 2. The molecule has 0 saturated carbocycles. The number of benzene rings is 4. The number of carbonyl (C=O) groups is 2. The van der Waals surface area contributed by atoms with Crippen molar-refractivity contribution in [1.29, 1.82) is 0 Å². The van der Waals surface area contributed by atoms with Gasteiger partial charge in [0, 0.05) is 11.1 Å². The fourth-order valence-electron chi connectivity index (χ4n) is 3.80. The number of nitrogens with one attached hydrogen (secondary N) is 2. The first-order chi connectivity index (χ1) is 18.5. The maximum Gasteiger partial charge on any atom is 0.343 e. The van der Waals surface area contributed by atoms with Crippen molar-refractivity contribution in [2.75, 3.05) is 33.2 Å². The summed E-state index contributed by atoms with van der Waals surface area (Å²) in [6.07, 6.45) is 1.46. The van der Waals surface area contributed by atoms with Crippen LogP contribution in [0.4, 0.5) is 5.69 Å². The van der Waals surface area contributed by atoms with Gasteiger partial charge in [-0.25, -0.2) is 10.2 Å². The van der Waals surface area contributed by atoms with E-state index < -0.39 is 5.97 Å². The molecule has 0 fully saturated rings. The van der Waals surface area contributed by atoms with Crippen LogP contribution in [0.15, 0.2) is 84.0 Å². The van der Waals surface area contributed by atoms with Crippen molar-refractivity contribution in [3.63, 3.8) is 0 Å². The van der Waals surface area contributed by atoms with Gasteiger partial charge in [0.2, 0.25) is 5.75 Å². The number of methoxy groups -OCH3 is 3. The Labute approximate surface area is 220 Å². The van der Waals surface area contributed by atoms with E-state index in [0.717, 1.165) is 16.5 Å². The lowest BCUT2D eigenvalue weighted by molar-refractivity contribution is -0.119. The Bertz CT molecular complexity index is 1450. The number of fused-ring (bicyclic) bond motifs is 1. The largest absolute Gasteiger partial charge is 0.493 e. The highest BCUT2D eigenvalue weighted by atomic mass is 16.5. The van der Waals surface area contributed by atoms with Gasteiger partial charge in [-0.2, -0.15) is 5.10 Å². The van der Waals surface area contributed by atoms with Gasteiger partial charge in [0.05, 0.1) is 39.7 Å². The molecule has 38 heavy (non-hydrogen) atoms. The molecule has 0 aliphatic heterocycles. The number of ether oxygens (including phenoxy) is 4. The number of hydrazone groups is 1. The molecule has 9 heteroatoms. The smallest absolute Gasteiger partial charge is 0.343 e. The Morgan fingerprint density at radius 3 is 2.29 bits per heavy atom. The van der Waals surface area contributed by atoms with Crippen LogP contribution in [0.2, 0.25) is 0 Å². The molecule has 0 heterocycles. The number of hydrogen-bond donors (Lipinski definition) is 2. The summed E-state index contributed by atoms with van der Waals surface area (Å²) in [6.45, 7) is 0.0534. The van der Waals surface area contributed by atoms with Crippen molar-refractivity contribution in [3.05, 3.63) is 90.0 Å². The molecule has 1 amide bonds. The Morgan fingerprint density at radius 1 is 0.842 bits per heavy atom. The van der Waals surface area contributed by atoms with Crippen molar-refractivity contribution in [2.24, 2.45) is 5.10 Å². The Kier molecular flexibility index (Phi) is 8.40. The number of esters is 1. The summed E-state index contributed by atoms with van der Waals surface area (Å²) < 4.78 is 21.4. The molecule has 4 aromatic carbocycles. The van der Waals surface area contributed by atoms with Gasteiger partial charge in [-0.3, -0.25) is 4.79 Å². The van der Waals surface area contributed by atoms with Crippen LogP contribution in [0.1, 0.15) is 15.9 Å². The third kappa shape index (κ3) is 6.19. The maximum absolute atomic E-state index is 12.8. The first-order valence-corrected chi connectivity index (χ1v) is 11.7. The van der Waals surface area contributed by atoms with Gasteiger partial charge < -0.3 is 24.3 Å². The minimum absolute atomic E-state index is 0.0534. The van der Waals surface area contributed by atoms with Gasteiger partial charge in [-0.15, -0.1) is 0 Å².